The van der Waals surface area contributed by atoms with Crippen molar-refractivity contribution in [2.45, 2.75) is 26.7 Å². The molecule has 3 aromatic rings. The molecular weight excluding hydrogens is 312 g/mol. The third-order valence-corrected chi connectivity index (χ3v) is 4.13. The monoisotopic (exact) mass is 329 g/mol. The maximum atomic E-state index is 13.7. The molecule has 0 amide bonds. The minimum Gasteiger partial charge on any atom is -0.478 e. The van der Waals surface area contributed by atoms with Crippen LogP contribution in [0.1, 0.15) is 41.4 Å². The van der Waals surface area contributed by atoms with Gasteiger partial charge in [0.25, 0.3) is 0 Å². The number of benzene rings is 2. The molecule has 3 nitrogen and oxygen atoms in total. The van der Waals surface area contributed by atoms with Gasteiger partial charge in [0.15, 0.2) is 0 Å². The lowest BCUT2D eigenvalue weighted by molar-refractivity contribution is 0.0697. The highest BCUT2D eigenvalue weighted by molar-refractivity contribution is 6.06. The minimum atomic E-state index is -1.10. The van der Waals surface area contributed by atoms with Crippen LogP contribution in [-0.4, -0.2) is 15.6 Å². The second-order valence-electron chi connectivity index (χ2n) is 6.15. The Morgan fingerprint density at radius 1 is 1.12 bits per heavy atom. The van der Waals surface area contributed by atoms with Gasteiger partial charge in [-0.2, -0.15) is 0 Å². The molecule has 1 N–H and O–H groups in total. The summed E-state index contributed by atoms with van der Waals surface area (Å²) in [6.45, 7) is 5.41. The van der Waals surface area contributed by atoms with E-state index in [9.17, 15) is 18.7 Å². The Morgan fingerprint density at radius 3 is 2.42 bits per heavy atom. The predicted octanol–water partition coefficient (Wildman–Crippen LogP) is 5.04. The van der Waals surface area contributed by atoms with Crippen LogP contribution in [0.3, 0.4) is 0 Å². The Hall–Kier alpha value is -2.69. The first kappa shape index (κ1) is 16.2. The van der Waals surface area contributed by atoms with Crippen LogP contribution in [0.15, 0.2) is 36.4 Å². The fourth-order valence-corrected chi connectivity index (χ4v) is 3.10. The molecule has 0 saturated heterocycles. The number of nitrogens with zero attached hydrogens (tertiary/aromatic N) is 1. The summed E-state index contributed by atoms with van der Waals surface area (Å²) in [7, 11) is 0. The molecule has 124 valence electrons. The van der Waals surface area contributed by atoms with E-state index in [1.807, 2.05) is 13.8 Å². The van der Waals surface area contributed by atoms with Gasteiger partial charge in [0, 0.05) is 16.8 Å². The quantitative estimate of drug-likeness (QED) is 0.731. The third-order valence-electron chi connectivity index (χ3n) is 4.13. The van der Waals surface area contributed by atoms with Crippen LogP contribution < -0.4 is 0 Å². The minimum absolute atomic E-state index is 0.0847. The highest BCUT2D eigenvalue weighted by atomic mass is 19.1. The van der Waals surface area contributed by atoms with Crippen molar-refractivity contribution in [3.05, 3.63) is 64.9 Å². The molecule has 5 heteroatoms. The van der Waals surface area contributed by atoms with Gasteiger partial charge >= 0.3 is 5.97 Å². The molecule has 0 aliphatic carbocycles. The Morgan fingerprint density at radius 2 is 1.83 bits per heavy atom. The molecule has 0 spiro atoms. The van der Waals surface area contributed by atoms with Crippen LogP contribution in [0.4, 0.5) is 8.78 Å². The van der Waals surface area contributed by atoms with E-state index in [2.05, 4.69) is 0 Å². The fraction of sp³-hybridized carbons (Fsp3) is 0.211. The molecule has 0 radical (unpaired) electrons. The Kier molecular flexibility index (Phi) is 3.87. The van der Waals surface area contributed by atoms with E-state index in [1.165, 1.54) is 18.2 Å². The molecule has 1 heterocycles. The number of fused-ring (bicyclic) bond motifs is 1. The molecule has 0 atom stereocenters. The number of carboxylic acids is 1. The summed E-state index contributed by atoms with van der Waals surface area (Å²) < 4.78 is 29.1. The summed E-state index contributed by atoms with van der Waals surface area (Å²) in [4.78, 5) is 11.8. The molecule has 0 fully saturated rings. The molecule has 3 rings (SSSR count). The molecule has 0 unspecified atom stereocenters. The van der Waals surface area contributed by atoms with Gasteiger partial charge in [0.2, 0.25) is 0 Å². The van der Waals surface area contributed by atoms with Gasteiger partial charge in [-0.3, -0.25) is 0 Å². The van der Waals surface area contributed by atoms with Crippen LogP contribution in [0.2, 0.25) is 0 Å². The maximum Gasteiger partial charge on any atom is 0.338 e. The molecule has 0 bridgehead atoms. The highest BCUT2D eigenvalue weighted by Crippen LogP contribution is 2.35. The van der Waals surface area contributed by atoms with E-state index >= 15 is 0 Å². The normalized spacial score (nSPS) is 11.4. The van der Waals surface area contributed by atoms with E-state index in [0.717, 1.165) is 0 Å². The van der Waals surface area contributed by atoms with Gasteiger partial charge in [-0.1, -0.05) is 13.8 Å². The van der Waals surface area contributed by atoms with Crippen LogP contribution >= 0.6 is 0 Å². The third kappa shape index (κ3) is 2.46. The molecule has 24 heavy (non-hydrogen) atoms. The fourth-order valence-electron chi connectivity index (χ4n) is 3.10. The van der Waals surface area contributed by atoms with E-state index in [4.69, 9.17) is 0 Å². The van der Waals surface area contributed by atoms with Gasteiger partial charge in [-0.15, -0.1) is 0 Å². The van der Waals surface area contributed by atoms with E-state index in [-0.39, 0.29) is 17.3 Å². The Balaban J connectivity index is 2.48. The zero-order valence-corrected chi connectivity index (χ0v) is 13.6. The van der Waals surface area contributed by atoms with Gasteiger partial charge < -0.3 is 9.67 Å². The smallest absolute Gasteiger partial charge is 0.338 e. The van der Waals surface area contributed by atoms with Gasteiger partial charge in [0.1, 0.15) is 11.6 Å². The highest BCUT2D eigenvalue weighted by Gasteiger charge is 2.25. The number of aromatic nitrogens is 1. The van der Waals surface area contributed by atoms with Gasteiger partial charge in [-0.25, -0.2) is 13.6 Å². The number of aromatic carboxylic acids is 1. The molecular formula is C19H17F2NO2. The summed E-state index contributed by atoms with van der Waals surface area (Å²) in [6, 6.07) is 8.70. The summed E-state index contributed by atoms with van der Waals surface area (Å²) >= 11 is 0. The predicted molar refractivity (Wildman–Crippen MR) is 89.0 cm³/mol. The number of halogens is 2. The zero-order chi connectivity index (χ0) is 17.6. The van der Waals surface area contributed by atoms with Crippen molar-refractivity contribution < 1.29 is 18.7 Å². The van der Waals surface area contributed by atoms with E-state index in [0.29, 0.717) is 27.8 Å². The van der Waals surface area contributed by atoms with Gasteiger partial charge in [0.05, 0.1) is 11.1 Å². The maximum absolute atomic E-state index is 13.7. The first-order chi connectivity index (χ1) is 11.3. The van der Waals surface area contributed by atoms with E-state index < -0.39 is 11.8 Å². The summed E-state index contributed by atoms with van der Waals surface area (Å²) in [5.41, 5.74) is 2.35. The lowest BCUT2D eigenvalue weighted by atomic mass is 10.0. The summed E-state index contributed by atoms with van der Waals surface area (Å²) in [6.07, 6.45) is 0. The molecule has 0 aliphatic heterocycles. The lowest BCUT2D eigenvalue weighted by Crippen LogP contribution is -2.08. The molecule has 0 saturated carbocycles. The molecule has 1 aromatic heterocycles. The van der Waals surface area contributed by atoms with Crippen molar-refractivity contribution in [3.63, 3.8) is 0 Å². The number of carbonyl (C=O) groups is 1. The molecule has 0 aliphatic rings. The van der Waals surface area contributed by atoms with Crippen molar-refractivity contribution in [3.8, 4) is 5.69 Å². The summed E-state index contributed by atoms with van der Waals surface area (Å²) in [5, 5.41) is 10.0. The largest absolute Gasteiger partial charge is 0.478 e. The number of carboxylic acid groups (broad SMARTS) is 1. The number of aryl methyl sites for hydroxylation is 1. The SMILES string of the molecule is Cc1cc(-n2c(C(C)C)c(C(=O)O)c3cc(F)ccc32)ccc1F. The standard InChI is InChI=1S/C19H17F2NO2/c1-10(2)18-17(19(23)24)14-9-12(20)4-7-16(14)22(18)13-5-6-15(21)11(3)8-13/h4-10H,1-3H3,(H,23,24). The Bertz CT molecular complexity index is 958. The second kappa shape index (κ2) is 5.74. The van der Waals surface area contributed by atoms with Crippen molar-refractivity contribution in [1.82, 2.24) is 4.57 Å². The zero-order valence-electron chi connectivity index (χ0n) is 13.6. The Labute approximate surface area is 138 Å². The van der Waals surface area contributed by atoms with Gasteiger partial charge in [-0.05, 0) is 54.8 Å². The van der Waals surface area contributed by atoms with Crippen molar-refractivity contribution in [1.29, 1.82) is 0 Å². The van der Waals surface area contributed by atoms with Crippen molar-refractivity contribution >= 4 is 16.9 Å². The summed E-state index contributed by atoms with van der Waals surface area (Å²) in [5.74, 6) is -2.04. The van der Waals surface area contributed by atoms with Crippen molar-refractivity contribution in [2.24, 2.45) is 0 Å². The van der Waals surface area contributed by atoms with Crippen LogP contribution in [0.5, 0.6) is 0 Å². The van der Waals surface area contributed by atoms with Crippen LogP contribution in [-0.2, 0) is 0 Å². The first-order valence-electron chi connectivity index (χ1n) is 7.65. The average molecular weight is 329 g/mol. The number of hydrogen-bond donors (Lipinski definition) is 1. The van der Waals surface area contributed by atoms with Crippen LogP contribution in [0.25, 0.3) is 16.6 Å². The second-order valence-corrected chi connectivity index (χ2v) is 6.15. The average Bonchev–Trinajstić information content (AvgIpc) is 2.84. The van der Waals surface area contributed by atoms with Crippen LogP contribution in [0, 0.1) is 18.6 Å². The van der Waals surface area contributed by atoms with E-state index in [1.54, 1.807) is 29.7 Å². The lowest BCUT2D eigenvalue weighted by Gasteiger charge is -2.15. The first-order valence-corrected chi connectivity index (χ1v) is 7.65. The number of hydrogen-bond acceptors (Lipinski definition) is 1. The molecule has 2 aromatic carbocycles. The topological polar surface area (TPSA) is 42.2 Å². The van der Waals surface area contributed by atoms with Crippen molar-refractivity contribution in [2.75, 3.05) is 0 Å². The number of rotatable bonds is 3.